The minimum absolute atomic E-state index is 0.0201. The van der Waals surface area contributed by atoms with Crippen LogP contribution in [0.5, 0.6) is 0 Å². The molecule has 1 aromatic carbocycles. The van der Waals surface area contributed by atoms with Crippen LogP contribution >= 0.6 is 11.6 Å². The van der Waals surface area contributed by atoms with Gasteiger partial charge in [0.05, 0.1) is 11.3 Å². The van der Waals surface area contributed by atoms with Gasteiger partial charge in [-0.1, -0.05) is 11.6 Å². The summed E-state index contributed by atoms with van der Waals surface area (Å²) in [7, 11) is 0. The molecule has 1 heterocycles. The number of hydrogen-bond acceptors (Lipinski definition) is 1. The summed E-state index contributed by atoms with van der Waals surface area (Å²) < 4.78 is 38.7. The Kier molecular flexibility index (Phi) is 4.42. The average molecular weight is 307 g/mol. The third kappa shape index (κ3) is 3.56. The molecule has 1 aliphatic heterocycles. The van der Waals surface area contributed by atoms with Crippen molar-refractivity contribution in [2.75, 3.05) is 18.4 Å². The topological polar surface area (TPSA) is 32.3 Å². The molecule has 1 N–H and O–H groups in total. The number of hydrogen-bond donors (Lipinski definition) is 1. The molecule has 20 heavy (non-hydrogen) atoms. The van der Waals surface area contributed by atoms with Crippen molar-refractivity contribution in [1.82, 2.24) is 4.90 Å². The number of halogens is 4. The van der Waals surface area contributed by atoms with Crippen LogP contribution in [0.4, 0.5) is 23.7 Å². The predicted molar refractivity (Wildman–Crippen MR) is 70.9 cm³/mol. The number of nitrogens with zero attached hydrogens (tertiary/aromatic N) is 1. The van der Waals surface area contributed by atoms with E-state index in [0.717, 1.165) is 25.3 Å². The van der Waals surface area contributed by atoms with Crippen molar-refractivity contribution >= 4 is 23.3 Å². The Bertz CT molecular complexity index is 499. The van der Waals surface area contributed by atoms with Crippen molar-refractivity contribution < 1.29 is 18.0 Å². The Hall–Kier alpha value is -1.43. The Balaban J connectivity index is 2.18. The molecule has 1 aliphatic rings. The summed E-state index contributed by atoms with van der Waals surface area (Å²) in [4.78, 5) is 13.5. The van der Waals surface area contributed by atoms with Gasteiger partial charge in [0, 0.05) is 18.1 Å². The highest BCUT2D eigenvalue weighted by Crippen LogP contribution is 2.36. The van der Waals surface area contributed by atoms with Crippen LogP contribution in [-0.4, -0.2) is 24.0 Å². The molecule has 0 spiro atoms. The largest absolute Gasteiger partial charge is 0.418 e. The van der Waals surface area contributed by atoms with Gasteiger partial charge >= 0.3 is 12.2 Å². The third-order valence-corrected chi connectivity index (χ3v) is 3.41. The lowest BCUT2D eigenvalue weighted by Crippen LogP contribution is -2.39. The quantitative estimate of drug-likeness (QED) is 0.820. The Morgan fingerprint density at radius 2 is 1.85 bits per heavy atom. The van der Waals surface area contributed by atoms with Gasteiger partial charge in [-0.3, -0.25) is 0 Å². The second kappa shape index (κ2) is 5.91. The van der Waals surface area contributed by atoms with Crippen molar-refractivity contribution in [3.8, 4) is 0 Å². The Labute approximate surface area is 119 Å². The van der Waals surface area contributed by atoms with Crippen LogP contribution in [0.25, 0.3) is 0 Å². The molecule has 0 bridgehead atoms. The average Bonchev–Trinajstić information content (AvgIpc) is 2.40. The summed E-state index contributed by atoms with van der Waals surface area (Å²) in [5, 5.41) is 2.30. The van der Waals surface area contributed by atoms with Gasteiger partial charge in [0.1, 0.15) is 0 Å². The molecule has 0 aromatic heterocycles. The van der Waals surface area contributed by atoms with Crippen molar-refractivity contribution in [1.29, 1.82) is 0 Å². The molecule has 1 fully saturated rings. The fourth-order valence-corrected chi connectivity index (χ4v) is 2.32. The van der Waals surface area contributed by atoms with Gasteiger partial charge in [-0.15, -0.1) is 0 Å². The summed E-state index contributed by atoms with van der Waals surface area (Å²) in [5.41, 5.74) is -1.20. The Morgan fingerprint density at radius 1 is 1.20 bits per heavy atom. The van der Waals surface area contributed by atoms with Gasteiger partial charge in [0.25, 0.3) is 0 Å². The lowest BCUT2D eigenvalue weighted by Gasteiger charge is -2.27. The number of benzene rings is 1. The number of nitrogens with one attached hydrogen (secondary N) is 1. The van der Waals surface area contributed by atoms with E-state index >= 15 is 0 Å². The summed E-state index contributed by atoms with van der Waals surface area (Å²) in [6.07, 6.45) is -1.77. The fourth-order valence-electron chi connectivity index (χ4n) is 2.15. The number of rotatable bonds is 1. The molecule has 7 heteroatoms. The first-order valence-corrected chi connectivity index (χ1v) is 6.68. The number of amides is 2. The number of carbonyl (C=O) groups is 1. The molecule has 1 aromatic rings. The number of alkyl halides is 3. The summed E-state index contributed by atoms with van der Waals surface area (Å²) in [5.74, 6) is 0. The maximum Gasteiger partial charge on any atom is 0.418 e. The van der Waals surface area contributed by atoms with Crippen LogP contribution in [0.3, 0.4) is 0 Å². The monoisotopic (exact) mass is 306 g/mol. The number of anilines is 1. The lowest BCUT2D eigenvalue weighted by atomic mass is 10.1. The van der Waals surface area contributed by atoms with Crippen molar-refractivity contribution in [2.24, 2.45) is 0 Å². The fraction of sp³-hybridized carbons (Fsp3) is 0.462. The summed E-state index contributed by atoms with van der Waals surface area (Å²) in [6, 6.07) is 2.81. The van der Waals surface area contributed by atoms with Crippen LogP contribution in [0.2, 0.25) is 5.02 Å². The first-order valence-electron chi connectivity index (χ1n) is 6.30. The van der Waals surface area contributed by atoms with Gasteiger partial charge in [0.15, 0.2) is 0 Å². The van der Waals surface area contributed by atoms with Gasteiger partial charge < -0.3 is 10.2 Å². The maximum absolute atomic E-state index is 12.9. The molecule has 2 amide bonds. The number of urea groups is 1. The minimum atomic E-state index is -4.56. The van der Waals surface area contributed by atoms with Crippen LogP contribution in [-0.2, 0) is 6.18 Å². The van der Waals surface area contributed by atoms with E-state index < -0.39 is 17.8 Å². The van der Waals surface area contributed by atoms with E-state index in [-0.39, 0.29) is 10.7 Å². The first kappa shape index (κ1) is 15.0. The number of likely N-dealkylation sites (tertiary alicyclic amines) is 1. The van der Waals surface area contributed by atoms with Crippen molar-refractivity contribution in [3.63, 3.8) is 0 Å². The molecule has 0 atom stereocenters. The van der Waals surface area contributed by atoms with Crippen LogP contribution in [0.1, 0.15) is 24.8 Å². The zero-order valence-electron chi connectivity index (χ0n) is 10.6. The maximum atomic E-state index is 12.9. The van der Waals surface area contributed by atoms with Crippen LogP contribution in [0, 0.1) is 0 Å². The van der Waals surface area contributed by atoms with E-state index in [0.29, 0.717) is 13.1 Å². The molecular weight excluding hydrogens is 293 g/mol. The molecule has 110 valence electrons. The van der Waals surface area contributed by atoms with Crippen molar-refractivity contribution in [3.05, 3.63) is 28.8 Å². The number of carbonyl (C=O) groups excluding carboxylic acids is 1. The molecule has 0 aliphatic carbocycles. The highest BCUT2D eigenvalue weighted by Gasteiger charge is 2.34. The van der Waals surface area contributed by atoms with Gasteiger partial charge in [-0.05, 0) is 37.5 Å². The molecule has 3 nitrogen and oxygen atoms in total. The highest BCUT2D eigenvalue weighted by molar-refractivity contribution is 6.30. The van der Waals surface area contributed by atoms with Crippen LogP contribution < -0.4 is 5.32 Å². The molecule has 0 unspecified atom stereocenters. The zero-order valence-corrected chi connectivity index (χ0v) is 11.4. The Morgan fingerprint density at radius 3 is 2.45 bits per heavy atom. The highest BCUT2D eigenvalue weighted by atomic mass is 35.5. The van der Waals surface area contributed by atoms with Gasteiger partial charge in [-0.25, -0.2) is 4.79 Å². The van der Waals surface area contributed by atoms with E-state index in [9.17, 15) is 18.0 Å². The second-order valence-corrected chi connectivity index (χ2v) is 5.10. The SMILES string of the molecule is O=C(Nc1ccc(Cl)cc1C(F)(F)F)N1CCCCC1. The second-order valence-electron chi connectivity index (χ2n) is 4.67. The molecular formula is C13H14ClF3N2O. The van der Waals surface area contributed by atoms with E-state index in [1.165, 1.54) is 17.0 Å². The van der Waals surface area contributed by atoms with Gasteiger partial charge in [0.2, 0.25) is 0 Å². The predicted octanol–water partition coefficient (Wildman–Crippen LogP) is 4.38. The van der Waals surface area contributed by atoms with Crippen LogP contribution in [0.15, 0.2) is 18.2 Å². The smallest absolute Gasteiger partial charge is 0.325 e. The summed E-state index contributed by atoms with van der Waals surface area (Å²) in [6.45, 7) is 1.14. The third-order valence-electron chi connectivity index (χ3n) is 3.17. The molecule has 1 saturated heterocycles. The lowest BCUT2D eigenvalue weighted by molar-refractivity contribution is -0.136. The normalized spacial score (nSPS) is 16.1. The van der Waals surface area contributed by atoms with E-state index in [1.54, 1.807) is 0 Å². The standard InChI is InChI=1S/C13H14ClF3N2O/c14-9-4-5-11(10(8-9)13(15,16)17)18-12(20)19-6-2-1-3-7-19/h4-5,8H,1-3,6-7H2,(H,18,20). The summed E-state index contributed by atoms with van der Waals surface area (Å²) >= 11 is 5.58. The van der Waals surface area contributed by atoms with E-state index in [4.69, 9.17) is 11.6 Å². The molecule has 0 radical (unpaired) electrons. The molecule has 0 saturated carbocycles. The van der Waals surface area contributed by atoms with E-state index in [1.807, 2.05) is 0 Å². The first-order chi connectivity index (χ1) is 9.38. The zero-order chi connectivity index (χ0) is 14.8. The van der Waals surface area contributed by atoms with Gasteiger partial charge in [-0.2, -0.15) is 13.2 Å². The van der Waals surface area contributed by atoms with Crippen molar-refractivity contribution in [2.45, 2.75) is 25.4 Å². The minimum Gasteiger partial charge on any atom is -0.325 e. The number of piperidine rings is 1. The van der Waals surface area contributed by atoms with E-state index in [2.05, 4.69) is 5.32 Å². The molecule has 2 rings (SSSR count).